The SMILES string of the molecule is Cn1nc(-c2ccsc2)cc1NC(=O)C1(C)CCCOC1. The number of carbonyl (C=O) groups is 1. The number of amides is 1. The highest BCUT2D eigenvalue weighted by atomic mass is 32.1. The topological polar surface area (TPSA) is 56.2 Å². The lowest BCUT2D eigenvalue weighted by Gasteiger charge is -2.31. The second-order valence-electron chi connectivity index (χ2n) is 5.72. The maximum atomic E-state index is 12.5. The molecule has 0 aliphatic carbocycles. The van der Waals surface area contributed by atoms with Gasteiger partial charge in [0, 0.05) is 30.7 Å². The van der Waals surface area contributed by atoms with Crippen molar-refractivity contribution in [1.82, 2.24) is 9.78 Å². The number of aryl methyl sites for hydroxylation is 1. The molecule has 0 bridgehead atoms. The summed E-state index contributed by atoms with van der Waals surface area (Å²) in [5.41, 5.74) is 1.49. The van der Waals surface area contributed by atoms with Crippen molar-refractivity contribution < 1.29 is 9.53 Å². The van der Waals surface area contributed by atoms with Gasteiger partial charge in [-0.15, -0.1) is 0 Å². The van der Waals surface area contributed by atoms with Crippen molar-refractivity contribution in [3.8, 4) is 11.3 Å². The number of ether oxygens (including phenoxy) is 1. The minimum atomic E-state index is -0.453. The minimum Gasteiger partial charge on any atom is -0.380 e. The summed E-state index contributed by atoms with van der Waals surface area (Å²) in [6.07, 6.45) is 1.78. The standard InChI is InChI=1S/C15H19N3O2S/c1-15(5-3-6-20-10-15)14(19)16-13-8-12(17-18(13)2)11-4-7-21-9-11/h4,7-9H,3,5-6,10H2,1-2H3,(H,16,19). The fourth-order valence-corrected chi connectivity index (χ4v) is 3.17. The molecule has 0 aromatic carbocycles. The van der Waals surface area contributed by atoms with Crippen LogP contribution < -0.4 is 5.32 Å². The molecule has 1 unspecified atom stereocenters. The van der Waals surface area contributed by atoms with E-state index in [1.165, 1.54) is 0 Å². The van der Waals surface area contributed by atoms with Gasteiger partial charge < -0.3 is 10.1 Å². The van der Waals surface area contributed by atoms with Crippen molar-refractivity contribution in [1.29, 1.82) is 0 Å². The molecule has 1 aliphatic rings. The van der Waals surface area contributed by atoms with Crippen LogP contribution in [0.1, 0.15) is 19.8 Å². The van der Waals surface area contributed by atoms with Crippen molar-refractivity contribution in [3.05, 3.63) is 22.9 Å². The largest absolute Gasteiger partial charge is 0.380 e. The first-order chi connectivity index (χ1) is 10.1. The molecule has 3 heterocycles. The van der Waals surface area contributed by atoms with Gasteiger partial charge in [0.15, 0.2) is 0 Å². The van der Waals surface area contributed by atoms with Gasteiger partial charge in [-0.1, -0.05) is 0 Å². The summed E-state index contributed by atoms with van der Waals surface area (Å²) < 4.78 is 7.16. The third-order valence-corrected chi connectivity index (χ3v) is 4.61. The van der Waals surface area contributed by atoms with Gasteiger partial charge in [0.05, 0.1) is 17.7 Å². The van der Waals surface area contributed by atoms with Crippen molar-refractivity contribution in [2.75, 3.05) is 18.5 Å². The molecule has 3 rings (SSSR count). The van der Waals surface area contributed by atoms with Gasteiger partial charge in [0.2, 0.25) is 5.91 Å². The van der Waals surface area contributed by atoms with Crippen LogP contribution in [0.15, 0.2) is 22.9 Å². The summed E-state index contributed by atoms with van der Waals surface area (Å²) in [7, 11) is 1.84. The minimum absolute atomic E-state index is 0.00192. The van der Waals surface area contributed by atoms with Gasteiger partial charge in [-0.25, -0.2) is 0 Å². The molecule has 112 valence electrons. The first-order valence-corrected chi connectivity index (χ1v) is 7.99. The van der Waals surface area contributed by atoms with Crippen molar-refractivity contribution >= 4 is 23.1 Å². The fraction of sp³-hybridized carbons (Fsp3) is 0.467. The molecule has 0 spiro atoms. The summed E-state index contributed by atoms with van der Waals surface area (Å²) >= 11 is 1.63. The van der Waals surface area contributed by atoms with Gasteiger partial charge in [-0.3, -0.25) is 9.48 Å². The smallest absolute Gasteiger partial charge is 0.233 e. The molecule has 1 N–H and O–H groups in total. The van der Waals surface area contributed by atoms with Crippen molar-refractivity contribution in [2.45, 2.75) is 19.8 Å². The van der Waals surface area contributed by atoms with E-state index in [1.54, 1.807) is 16.0 Å². The predicted octanol–water partition coefficient (Wildman–Crippen LogP) is 2.90. The Kier molecular flexibility index (Phi) is 3.82. The average molecular weight is 305 g/mol. The number of nitrogens with one attached hydrogen (secondary N) is 1. The van der Waals surface area contributed by atoms with Crippen LogP contribution in [0.2, 0.25) is 0 Å². The third kappa shape index (κ3) is 2.87. The van der Waals surface area contributed by atoms with Crippen LogP contribution in [0.5, 0.6) is 0 Å². The van der Waals surface area contributed by atoms with Crippen LogP contribution in [0.3, 0.4) is 0 Å². The van der Waals surface area contributed by atoms with Gasteiger partial charge in [-0.2, -0.15) is 16.4 Å². The maximum Gasteiger partial charge on any atom is 0.233 e. The molecule has 5 nitrogen and oxygen atoms in total. The Morgan fingerprint density at radius 3 is 3.10 bits per heavy atom. The van der Waals surface area contributed by atoms with Gasteiger partial charge in [-0.05, 0) is 31.2 Å². The summed E-state index contributed by atoms with van der Waals surface area (Å²) in [6.45, 7) is 3.18. The Labute approximate surface area is 127 Å². The Bertz CT molecular complexity index is 627. The molecule has 2 aromatic rings. The van der Waals surface area contributed by atoms with Crippen molar-refractivity contribution in [3.63, 3.8) is 0 Å². The van der Waals surface area contributed by atoms with Crippen molar-refractivity contribution in [2.24, 2.45) is 12.5 Å². The second kappa shape index (κ2) is 5.61. The predicted molar refractivity (Wildman–Crippen MR) is 83.3 cm³/mol. The highest BCUT2D eigenvalue weighted by Gasteiger charge is 2.36. The monoisotopic (exact) mass is 305 g/mol. The molecule has 1 atom stereocenters. The molecular weight excluding hydrogens is 286 g/mol. The number of thiophene rings is 1. The Balaban J connectivity index is 1.77. The second-order valence-corrected chi connectivity index (χ2v) is 6.50. The molecule has 6 heteroatoms. The van der Waals surface area contributed by atoms with Crippen LogP contribution in [0.4, 0.5) is 5.82 Å². The molecule has 0 saturated carbocycles. The fourth-order valence-electron chi connectivity index (χ4n) is 2.52. The molecule has 1 amide bonds. The Hall–Kier alpha value is -1.66. The normalized spacial score (nSPS) is 22.2. The van der Waals surface area contributed by atoms with E-state index in [2.05, 4.69) is 10.4 Å². The summed E-state index contributed by atoms with van der Waals surface area (Å²) in [5, 5.41) is 11.5. The highest BCUT2D eigenvalue weighted by Crippen LogP contribution is 2.30. The molecular formula is C15H19N3O2S. The van der Waals surface area contributed by atoms with Crippen LogP contribution >= 0.6 is 11.3 Å². The Morgan fingerprint density at radius 1 is 1.57 bits per heavy atom. The van der Waals surface area contributed by atoms with E-state index in [0.717, 1.165) is 30.7 Å². The quantitative estimate of drug-likeness (QED) is 0.948. The first kappa shape index (κ1) is 14.3. The molecule has 0 radical (unpaired) electrons. The van der Waals surface area contributed by atoms with Gasteiger partial charge >= 0.3 is 0 Å². The zero-order valence-corrected chi connectivity index (χ0v) is 13.1. The lowest BCUT2D eigenvalue weighted by atomic mass is 9.84. The van der Waals surface area contributed by atoms with E-state index in [0.29, 0.717) is 12.4 Å². The number of aromatic nitrogens is 2. The van der Waals surface area contributed by atoms with Gasteiger partial charge in [0.1, 0.15) is 5.82 Å². The number of rotatable bonds is 3. The molecule has 1 fully saturated rings. The lowest BCUT2D eigenvalue weighted by Crippen LogP contribution is -2.40. The van der Waals surface area contributed by atoms with Crippen LogP contribution in [0.25, 0.3) is 11.3 Å². The molecule has 1 saturated heterocycles. The Morgan fingerprint density at radius 2 is 2.43 bits per heavy atom. The van der Waals surface area contributed by atoms with E-state index in [4.69, 9.17) is 4.74 Å². The number of hydrogen-bond acceptors (Lipinski definition) is 4. The highest BCUT2D eigenvalue weighted by molar-refractivity contribution is 7.08. The first-order valence-electron chi connectivity index (χ1n) is 7.04. The number of hydrogen-bond donors (Lipinski definition) is 1. The number of carbonyl (C=O) groups excluding carboxylic acids is 1. The van der Waals surface area contributed by atoms with Crippen LogP contribution in [-0.2, 0) is 16.6 Å². The molecule has 2 aromatic heterocycles. The molecule has 1 aliphatic heterocycles. The van der Waals surface area contributed by atoms with Crippen LogP contribution in [-0.4, -0.2) is 28.9 Å². The van der Waals surface area contributed by atoms with E-state index in [1.807, 2.05) is 36.9 Å². The van der Waals surface area contributed by atoms with E-state index < -0.39 is 5.41 Å². The van der Waals surface area contributed by atoms with E-state index >= 15 is 0 Å². The summed E-state index contributed by atoms with van der Waals surface area (Å²) in [6, 6.07) is 3.93. The average Bonchev–Trinajstić information content (AvgIpc) is 3.10. The van der Waals surface area contributed by atoms with E-state index in [9.17, 15) is 4.79 Å². The maximum absolute atomic E-state index is 12.5. The third-order valence-electron chi connectivity index (χ3n) is 3.92. The van der Waals surface area contributed by atoms with Gasteiger partial charge in [0.25, 0.3) is 0 Å². The molecule has 21 heavy (non-hydrogen) atoms. The number of nitrogens with zero attached hydrogens (tertiary/aromatic N) is 2. The zero-order valence-electron chi connectivity index (χ0n) is 12.3. The van der Waals surface area contributed by atoms with Crippen LogP contribution in [0, 0.1) is 5.41 Å². The zero-order chi connectivity index (χ0) is 14.9. The van der Waals surface area contributed by atoms with E-state index in [-0.39, 0.29) is 5.91 Å². The summed E-state index contributed by atoms with van der Waals surface area (Å²) in [4.78, 5) is 12.5. The number of anilines is 1. The lowest BCUT2D eigenvalue weighted by molar-refractivity contribution is -0.131. The summed E-state index contributed by atoms with van der Waals surface area (Å²) in [5.74, 6) is 0.718.